The molecule has 0 aliphatic carbocycles. The van der Waals surface area contributed by atoms with E-state index in [9.17, 15) is 0 Å². The van der Waals surface area contributed by atoms with E-state index in [-0.39, 0.29) is 0 Å². The van der Waals surface area contributed by atoms with E-state index in [0.717, 1.165) is 5.92 Å². The molecule has 1 aromatic heterocycles. The Labute approximate surface area is 97.9 Å². The van der Waals surface area contributed by atoms with Crippen LogP contribution in [-0.2, 0) is 0 Å². The molecule has 0 aliphatic heterocycles. The summed E-state index contributed by atoms with van der Waals surface area (Å²) in [6.07, 6.45) is 3.88. The molecule has 2 heteroatoms. The molecule has 0 amide bonds. The average molecular weight is 225 g/mol. The van der Waals surface area contributed by atoms with Gasteiger partial charge in [-0.3, -0.25) is 0 Å². The predicted molar refractivity (Wildman–Crippen MR) is 69.5 cm³/mol. The number of nitrogens with one attached hydrogen (secondary N) is 1. The first-order valence-electron chi connectivity index (χ1n) is 5.90. The summed E-state index contributed by atoms with van der Waals surface area (Å²) in [6, 6.07) is 2.76. The standard InChI is InChI=1S/C13H23NS/c1-5-6-10(2)9-12(14-4)13-11(3)7-8-15-13/h7-8,10,12,14H,5-6,9H2,1-4H3. The van der Waals surface area contributed by atoms with Crippen LogP contribution in [-0.4, -0.2) is 7.05 Å². The molecule has 0 fully saturated rings. The number of aryl methyl sites for hydroxylation is 1. The topological polar surface area (TPSA) is 12.0 Å². The zero-order valence-corrected chi connectivity index (χ0v) is 11.2. The lowest BCUT2D eigenvalue weighted by Crippen LogP contribution is -2.18. The normalized spacial score (nSPS) is 15.2. The van der Waals surface area contributed by atoms with Crippen molar-refractivity contribution < 1.29 is 0 Å². The van der Waals surface area contributed by atoms with Crippen molar-refractivity contribution in [3.63, 3.8) is 0 Å². The number of thiophene rings is 1. The molecule has 1 aromatic rings. The quantitative estimate of drug-likeness (QED) is 0.767. The summed E-state index contributed by atoms with van der Waals surface area (Å²) in [5, 5.41) is 5.64. The Balaban J connectivity index is 2.60. The minimum absolute atomic E-state index is 0.548. The van der Waals surface area contributed by atoms with E-state index in [0.29, 0.717) is 6.04 Å². The summed E-state index contributed by atoms with van der Waals surface area (Å²) in [5.41, 5.74) is 1.43. The fourth-order valence-corrected chi connectivity index (χ4v) is 3.16. The van der Waals surface area contributed by atoms with Crippen molar-refractivity contribution in [1.29, 1.82) is 0 Å². The SMILES string of the molecule is CCCC(C)CC(NC)c1sccc1C. The first-order chi connectivity index (χ1) is 7.19. The number of hydrogen-bond acceptors (Lipinski definition) is 2. The van der Waals surface area contributed by atoms with Crippen LogP contribution in [0.4, 0.5) is 0 Å². The van der Waals surface area contributed by atoms with Gasteiger partial charge in [-0.05, 0) is 43.3 Å². The highest BCUT2D eigenvalue weighted by atomic mass is 32.1. The molecule has 0 spiro atoms. The average Bonchev–Trinajstić information content (AvgIpc) is 2.61. The summed E-state index contributed by atoms with van der Waals surface area (Å²) < 4.78 is 0. The predicted octanol–water partition coefficient (Wildman–Crippen LogP) is 4.14. The fraction of sp³-hybridized carbons (Fsp3) is 0.692. The van der Waals surface area contributed by atoms with E-state index in [1.165, 1.54) is 29.7 Å². The molecule has 2 unspecified atom stereocenters. The van der Waals surface area contributed by atoms with Crippen LogP contribution < -0.4 is 5.32 Å². The molecule has 0 saturated carbocycles. The van der Waals surface area contributed by atoms with Gasteiger partial charge in [0.2, 0.25) is 0 Å². The van der Waals surface area contributed by atoms with Crippen molar-refractivity contribution >= 4 is 11.3 Å². The van der Waals surface area contributed by atoms with E-state index in [1.807, 2.05) is 11.3 Å². The van der Waals surface area contributed by atoms with Crippen LogP contribution in [0.1, 0.15) is 49.6 Å². The number of rotatable bonds is 6. The maximum absolute atomic E-state index is 3.45. The van der Waals surface area contributed by atoms with Gasteiger partial charge in [0.05, 0.1) is 0 Å². The van der Waals surface area contributed by atoms with Crippen LogP contribution in [0.3, 0.4) is 0 Å². The molecular formula is C13H23NS. The Bertz CT molecular complexity index is 280. The highest BCUT2D eigenvalue weighted by Crippen LogP contribution is 2.29. The van der Waals surface area contributed by atoms with Gasteiger partial charge in [0.15, 0.2) is 0 Å². The maximum Gasteiger partial charge on any atom is 0.0417 e. The monoisotopic (exact) mass is 225 g/mol. The molecule has 15 heavy (non-hydrogen) atoms. The minimum atomic E-state index is 0.548. The third-order valence-corrected chi connectivity index (χ3v) is 4.12. The van der Waals surface area contributed by atoms with Crippen molar-refractivity contribution in [1.82, 2.24) is 5.32 Å². The molecule has 86 valence electrons. The second kappa shape index (κ2) is 6.29. The number of hydrogen-bond donors (Lipinski definition) is 1. The Kier molecular flexibility index (Phi) is 5.34. The fourth-order valence-electron chi connectivity index (χ4n) is 2.11. The van der Waals surface area contributed by atoms with Crippen molar-refractivity contribution in [2.24, 2.45) is 5.92 Å². The summed E-state index contributed by atoms with van der Waals surface area (Å²) in [5.74, 6) is 0.814. The van der Waals surface area contributed by atoms with Crippen molar-refractivity contribution in [3.8, 4) is 0 Å². The van der Waals surface area contributed by atoms with Gasteiger partial charge in [-0.25, -0.2) is 0 Å². The second-order valence-corrected chi connectivity index (χ2v) is 5.39. The van der Waals surface area contributed by atoms with E-state index < -0.39 is 0 Å². The van der Waals surface area contributed by atoms with Crippen LogP contribution in [0.2, 0.25) is 0 Å². The van der Waals surface area contributed by atoms with E-state index in [4.69, 9.17) is 0 Å². The molecule has 0 aliphatic rings. The van der Waals surface area contributed by atoms with Gasteiger partial charge in [-0.1, -0.05) is 26.7 Å². The van der Waals surface area contributed by atoms with E-state index in [2.05, 4.69) is 44.6 Å². The molecule has 1 N–H and O–H groups in total. The van der Waals surface area contributed by atoms with Gasteiger partial charge in [0.25, 0.3) is 0 Å². The maximum atomic E-state index is 3.45. The van der Waals surface area contributed by atoms with E-state index >= 15 is 0 Å². The molecule has 0 bridgehead atoms. The Morgan fingerprint density at radius 1 is 1.47 bits per heavy atom. The molecule has 0 saturated heterocycles. The summed E-state index contributed by atoms with van der Waals surface area (Å²) >= 11 is 1.88. The zero-order chi connectivity index (χ0) is 11.3. The van der Waals surface area contributed by atoms with Crippen LogP contribution in [0.5, 0.6) is 0 Å². The van der Waals surface area contributed by atoms with Gasteiger partial charge in [-0.15, -0.1) is 11.3 Å². The smallest absolute Gasteiger partial charge is 0.0417 e. The Hall–Kier alpha value is -0.340. The molecule has 1 nitrogen and oxygen atoms in total. The molecular weight excluding hydrogens is 202 g/mol. The molecule has 2 atom stereocenters. The van der Waals surface area contributed by atoms with E-state index in [1.54, 1.807) is 0 Å². The van der Waals surface area contributed by atoms with Crippen LogP contribution in [0.25, 0.3) is 0 Å². The lowest BCUT2D eigenvalue weighted by molar-refractivity contribution is 0.410. The molecule has 1 rings (SSSR count). The molecule has 0 radical (unpaired) electrons. The van der Waals surface area contributed by atoms with Gasteiger partial charge in [0.1, 0.15) is 0 Å². The summed E-state index contributed by atoms with van der Waals surface area (Å²) in [4.78, 5) is 1.51. The van der Waals surface area contributed by atoms with Crippen LogP contribution in [0, 0.1) is 12.8 Å². The lowest BCUT2D eigenvalue weighted by Gasteiger charge is -2.20. The largest absolute Gasteiger partial charge is 0.312 e. The van der Waals surface area contributed by atoms with Gasteiger partial charge < -0.3 is 5.32 Å². The first-order valence-corrected chi connectivity index (χ1v) is 6.78. The highest BCUT2D eigenvalue weighted by molar-refractivity contribution is 7.10. The van der Waals surface area contributed by atoms with Crippen molar-refractivity contribution in [2.75, 3.05) is 7.05 Å². The van der Waals surface area contributed by atoms with Crippen molar-refractivity contribution in [3.05, 3.63) is 21.9 Å². The lowest BCUT2D eigenvalue weighted by atomic mass is 9.95. The molecule has 1 heterocycles. The Morgan fingerprint density at radius 3 is 2.67 bits per heavy atom. The molecule has 0 aromatic carbocycles. The Morgan fingerprint density at radius 2 is 2.20 bits per heavy atom. The zero-order valence-electron chi connectivity index (χ0n) is 10.3. The third-order valence-electron chi connectivity index (χ3n) is 2.99. The second-order valence-electron chi connectivity index (χ2n) is 4.44. The van der Waals surface area contributed by atoms with Crippen molar-refractivity contribution in [2.45, 2.75) is 46.1 Å². The first kappa shape index (κ1) is 12.7. The summed E-state index contributed by atoms with van der Waals surface area (Å²) in [6.45, 7) is 6.83. The minimum Gasteiger partial charge on any atom is -0.312 e. The van der Waals surface area contributed by atoms with Gasteiger partial charge in [0, 0.05) is 10.9 Å². The van der Waals surface area contributed by atoms with Crippen LogP contribution >= 0.6 is 11.3 Å². The van der Waals surface area contributed by atoms with Gasteiger partial charge >= 0.3 is 0 Å². The highest BCUT2D eigenvalue weighted by Gasteiger charge is 2.15. The van der Waals surface area contributed by atoms with Gasteiger partial charge in [-0.2, -0.15) is 0 Å². The summed E-state index contributed by atoms with van der Waals surface area (Å²) in [7, 11) is 2.07. The van der Waals surface area contributed by atoms with Crippen LogP contribution in [0.15, 0.2) is 11.4 Å². The third kappa shape index (κ3) is 3.62.